The summed E-state index contributed by atoms with van der Waals surface area (Å²) < 4.78 is 29.7. The van der Waals surface area contributed by atoms with Crippen LogP contribution in [-0.4, -0.2) is 25.8 Å². The Bertz CT molecular complexity index is 443. The Balaban J connectivity index is 2.93. The minimum Gasteiger partial charge on any atom is -0.369 e. The lowest BCUT2D eigenvalue weighted by Gasteiger charge is -2.18. The highest BCUT2D eigenvalue weighted by molar-refractivity contribution is 7.84. The van der Waals surface area contributed by atoms with Crippen LogP contribution in [-0.2, 0) is 10.3 Å². The van der Waals surface area contributed by atoms with Gasteiger partial charge in [0.05, 0.1) is 5.02 Å². The van der Waals surface area contributed by atoms with Crippen molar-refractivity contribution >= 4 is 21.9 Å². The molecular formula is C10H14ClNO3S. The summed E-state index contributed by atoms with van der Waals surface area (Å²) in [6.07, 6.45) is 0. The first-order valence-electron chi connectivity index (χ1n) is 4.95. The van der Waals surface area contributed by atoms with Gasteiger partial charge in [-0.05, 0) is 12.1 Å². The van der Waals surface area contributed by atoms with Crippen molar-refractivity contribution in [2.45, 2.75) is 13.8 Å². The SMILES string of the molecule is CCN(CC)S(=O)(=O)Oc1ccccc1Cl. The van der Waals surface area contributed by atoms with Crippen LogP contribution in [0.2, 0.25) is 5.02 Å². The van der Waals surface area contributed by atoms with Gasteiger partial charge in [-0.1, -0.05) is 37.6 Å². The standard InChI is InChI=1S/C10H14ClNO3S/c1-3-12(4-2)16(13,14)15-10-8-6-5-7-9(10)11/h5-8H,3-4H2,1-2H3. The molecule has 0 atom stereocenters. The fraction of sp³-hybridized carbons (Fsp3) is 0.400. The van der Waals surface area contributed by atoms with Gasteiger partial charge in [0.25, 0.3) is 0 Å². The van der Waals surface area contributed by atoms with Crippen molar-refractivity contribution in [1.82, 2.24) is 4.31 Å². The molecule has 0 aromatic heterocycles. The molecule has 0 aliphatic rings. The lowest BCUT2D eigenvalue weighted by molar-refractivity contribution is 0.376. The van der Waals surface area contributed by atoms with E-state index in [0.29, 0.717) is 13.1 Å². The van der Waals surface area contributed by atoms with Gasteiger partial charge >= 0.3 is 10.3 Å². The molecule has 0 saturated carbocycles. The monoisotopic (exact) mass is 263 g/mol. The van der Waals surface area contributed by atoms with Gasteiger partial charge in [0.2, 0.25) is 0 Å². The van der Waals surface area contributed by atoms with Crippen LogP contribution in [0.1, 0.15) is 13.8 Å². The van der Waals surface area contributed by atoms with Crippen molar-refractivity contribution in [3.8, 4) is 5.75 Å². The van der Waals surface area contributed by atoms with E-state index in [2.05, 4.69) is 0 Å². The predicted molar refractivity (Wildman–Crippen MR) is 63.9 cm³/mol. The second-order valence-electron chi connectivity index (χ2n) is 3.06. The van der Waals surface area contributed by atoms with Crippen molar-refractivity contribution in [3.63, 3.8) is 0 Å². The van der Waals surface area contributed by atoms with Gasteiger partial charge in [-0.3, -0.25) is 0 Å². The molecule has 1 aromatic rings. The summed E-state index contributed by atoms with van der Waals surface area (Å²) in [5, 5.41) is 0.276. The largest absolute Gasteiger partial charge is 0.385 e. The highest BCUT2D eigenvalue weighted by Crippen LogP contribution is 2.25. The molecule has 0 aliphatic heterocycles. The Morgan fingerprint density at radius 1 is 1.25 bits per heavy atom. The highest BCUT2D eigenvalue weighted by atomic mass is 35.5. The first kappa shape index (κ1) is 13.3. The Morgan fingerprint density at radius 2 is 1.81 bits per heavy atom. The summed E-state index contributed by atoms with van der Waals surface area (Å²) in [5.41, 5.74) is 0. The highest BCUT2D eigenvalue weighted by Gasteiger charge is 2.21. The molecule has 4 nitrogen and oxygen atoms in total. The van der Waals surface area contributed by atoms with Gasteiger partial charge in [0.1, 0.15) is 0 Å². The molecular weight excluding hydrogens is 250 g/mol. The van der Waals surface area contributed by atoms with Crippen molar-refractivity contribution < 1.29 is 12.6 Å². The molecule has 0 fully saturated rings. The Morgan fingerprint density at radius 3 is 2.31 bits per heavy atom. The van der Waals surface area contributed by atoms with E-state index in [1.165, 1.54) is 10.4 Å². The average molecular weight is 264 g/mol. The van der Waals surface area contributed by atoms with Crippen LogP contribution in [0, 0.1) is 0 Å². The van der Waals surface area contributed by atoms with Crippen molar-refractivity contribution in [3.05, 3.63) is 29.3 Å². The second-order valence-corrected chi connectivity index (χ2v) is 5.00. The van der Waals surface area contributed by atoms with E-state index in [4.69, 9.17) is 15.8 Å². The summed E-state index contributed by atoms with van der Waals surface area (Å²) in [4.78, 5) is 0. The maximum atomic E-state index is 11.8. The van der Waals surface area contributed by atoms with Gasteiger partial charge < -0.3 is 4.18 Å². The summed E-state index contributed by atoms with van der Waals surface area (Å²) in [5.74, 6) is 0.149. The number of benzene rings is 1. The maximum absolute atomic E-state index is 11.8. The molecule has 0 radical (unpaired) electrons. The third kappa shape index (κ3) is 3.10. The molecule has 0 heterocycles. The van der Waals surface area contributed by atoms with Gasteiger partial charge in [0.15, 0.2) is 5.75 Å². The smallest absolute Gasteiger partial charge is 0.369 e. The summed E-state index contributed by atoms with van der Waals surface area (Å²) in [6, 6.07) is 6.47. The molecule has 1 rings (SSSR count). The normalized spacial score (nSPS) is 11.8. The minimum absolute atomic E-state index is 0.149. The number of hydrogen-bond acceptors (Lipinski definition) is 3. The Kier molecular flexibility index (Phi) is 4.58. The number of rotatable bonds is 5. The van der Waals surface area contributed by atoms with E-state index < -0.39 is 10.3 Å². The fourth-order valence-corrected chi connectivity index (χ4v) is 2.55. The van der Waals surface area contributed by atoms with Crippen molar-refractivity contribution in [1.29, 1.82) is 0 Å². The van der Waals surface area contributed by atoms with E-state index in [1.807, 2.05) is 0 Å². The molecule has 0 unspecified atom stereocenters. The predicted octanol–water partition coefficient (Wildman–Crippen LogP) is 2.31. The second kappa shape index (κ2) is 5.52. The fourth-order valence-electron chi connectivity index (χ4n) is 1.22. The van der Waals surface area contributed by atoms with Gasteiger partial charge in [0, 0.05) is 13.1 Å². The summed E-state index contributed by atoms with van der Waals surface area (Å²) in [6.45, 7) is 4.22. The first-order valence-corrected chi connectivity index (χ1v) is 6.69. The average Bonchev–Trinajstić information content (AvgIpc) is 2.22. The van der Waals surface area contributed by atoms with E-state index in [-0.39, 0.29) is 10.8 Å². The molecule has 6 heteroatoms. The molecule has 0 aliphatic carbocycles. The minimum atomic E-state index is -3.75. The topological polar surface area (TPSA) is 46.6 Å². The van der Waals surface area contributed by atoms with Crippen LogP contribution < -0.4 is 4.18 Å². The van der Waals surface area contributed by atoms with Crippen molar-refractivity contribution in [2.75, 3.05) is 13.1 Å². The third-order valence-electron chi connectivity index (χ3n) is 2.05. The lowest BCUT2D eigenvalue weighted by Crippen LogP contribution is -2.34. The van der Waals surface area contributed by atoms with Crippen LogP contribution in [0.25, 0.3) is 0 Å². The van der Waals surface area contributed by atoms with E-state index in [1.54, 1.807) is 32.0 Å². The molecule has 0 amide bonds. The molecule has 0 saturated heterocycles. The zero-order chi connectivity index (χ0) is 12.2. The molecule has 0 spiro atoms. The quantitative estimate of drug-likeness (QED) is 0.819. The molecule has 90 valence electrons. The third-order valence-corrected chi connectivity index (χ3v) is 3.90. The van der Waals surface area contributed by atoms with Gasteiger partial charge in [-0.25, -0.2) is 0 Å². The van der Waals surface area contributed by atoms with Gasteiger partial charge in [-0.15, -0.1) is 0 Å². The first-order chi connectivity index (χ1) is 7.51. The zero-order valence-corrected chi connectivity index (χ0v) is 10.8. The number of para-hydroxylation sites is 1. The zero-order valence-electron chi connectivity index (χ0n) is 9.18. The summed E-state index contributed by atoms with van der Waals surface area (Å²) >= 11 is 5.81. The van der Waals surface area contributed by atoms with Crippen molar-refractivity contribution in [2.24, 2.45) is 0 Å². The molecule has 0 N–H and O–H groups in total. The molecule has 16 heavy (non-hydrogen) atoms. The number of hydrogen-bond donors (Lipinski definition) is 0. The lowest BCUT2D eigenvalue weighted by atomic mass is 10.3. The van der Waals surface area contributed by atoms with E-state index >= 15 is 0 Å². The molecule has 1 aromatic carbocycles. The Hall–Kier alpha value is -0.780. The van der Waals surface area contributed by atoms with Gasteiger partial charge in [-0.2, -0.15) is 12.7 Å². The van der Waals surface area contributed by atoms with Crippen LogP contribution >= 0.6 is 11.6 Å². The van der Waals surface area contributed by atoms with E-state index in [0.717, 1.165) is 0 Å². The Labute approximate surface area is 101 Å². The van der Waals surface area contributed by atoms with Crippen LogP contribution in [0.3, 0.4) is 0 Å². The van der Waals surface area contributed by atoms with E-state index in [9.17, 15) is 8.42 Å². The van der Waals surface area contributed by atoms with Crippen LogP contribution in [0.5, 0.6) is 5.75 Å². The number of nitrogens with zero attached hydrogens (tertiary/aromatic N) is 1. The maximum Gasteiger partial charge on any atom is 0.385 e. The number of halogens is 1. The molecule has 0 bridgehead atoms. The van der Waals surface area contributed by atoms with Crippen LogP contribution in [0.4, 0.5) is 0 Å². The van der Waals surface area contributed by atoms with Crippen LogP contribution in [0.15, 0.2) is 24.3 Å². The summed E-state index contributed by atoms with van der Waals surface area (Å²) in [7, 11) is -3.75.